The maximum atomic E-state index is 11.0. The van der Waals surface area contributed by atoms with Crippen molar-refractivity contribution in [3.8, 4) is 0 Å². The first-order valence-corrected chi connectivity index (χ1v) is 6.46. The molecule has 3 aromatic rings. The number of fused-ring (bicyclic) bond motifs is 1. The van der Waals surface area contributed by atoms with E-state index in [0.717, 1.165) is 11.0 Å². The fourth-order valence-electron chi connectivity index (χ4n) is 2.41. The molecule has 2 N–H and O–H groups in total. The Hall–Kier alpha value is -2.83. The van der Waals surface area contributed by atoms with Crippen LogP contribution < -0.4 is 5.73 Å². The summed E-state index contributed by atoms with van der Waals surface area (Å²) in [7, 11) is 0. The number of nitro groups is 1. The number of anilines is 1. The van der Waals surface area contributed by atoms with Gasteiger partial charge >= 0.3 is 5.69 Å². The van der Waals surface area contributed by atoms with Gasteiger partial charge in [-0.25, -0.2) is 4.68 Å². The van der Waals surface area contributed by atoms with Gasteiger partial charge in [0.25, 0.3) is 0 Å². The molecule has 7 nitrogen and oxygen atoms in total. The lowest BCUT2D eigenvalue weighted by Crippen LogP contribution is -2.11. The van der Waals surface area contributed by atoms with E-state index in [1.807, 2.05) is 37.3 Å². The van der Waals surface area contributed by atoms with Crippen LogP contribution in [-0.4, -0.2) is 14.7 Å². The molecule has 1 aromatic carbocycles. The van der Waals surface area contributed by atoms with Gasteiger partial charge < -0.3 is 10.2 Å². The minimum Gasteiger partial charge on any atom is -0.459 e. The van der Waals surface area contributed by atoms with Crippen molar-refractivity contribution in [2.75, 3.05) is 5.73 Å². The highest BCUT2D eigenvalue weighted by molar-refractivity contribution is 5.77. The van der Waals surface area contributed by atoms with Crippen LogP contribution in [0.25, 0.3) is 11.0 Å². The zero-order chi connectivity index (χ0) is 15.1. The van der Waals surface area contributed by atoms with E-state index >= 15 is 0 Å². The van der Waals surface area contributed by atoms with E-state index in [-0.39, 0.29) is 17.5 Å². The number of hydrogen-bond donors (Lipinski definition) is 1. The van der Waals surface area contributed by atoms with Crippen LogP contribution in [0, 0.1) is 17.0 Å². The van der Waals surface area contributed by atoms with E-state index in [2.05, 4.69) is 5.10 Å². The molecule has 1 unspecified atom stereocenters. The second-order valence-corrected chi connectivity index (χ2v) is 4.88. The van der Waals surface area contributed by atoms with E-state index in [0.29, 0.717) is 11.5 Å². The maximum Gasteiger partial charge on any atom is 0.333 e. The number of benzene rings is 1. The van der Waals surface area contributed by atoms with Crippen LogP contribution in [0.15, 0.2) is 34.7 Å². The molecule has 0 radical (unpaired) electrons. The van der Waals surface area contributed by atoms with E-state index < -0.39 is 4.92 Å². The van der Waals surface area contributed by atoms with Gasteiger partial charge in [-0.3, -0.25) is 10.1 Å². The predicted octanol–water partition coefficient (Wildman–Crippen LogP) is 3.04. The average Bonchev–Trinajstić information content (AvgIpc) is 2.99. The number of rotatable bonds is 3. The van der Waals surface area contributed by atoms with Gasteiger partial charge in [-0.2, -0.15) is 5.10 Å². The summed E-state index contributed by atoms with van der Waals surface area (Å²) in [6.45, 7) is 3.40. The first kappa shape index (κ1) is 13.2. The van der Waals surface area contributed by atoms with Gasteiger partial charge in [0.1, 0.15) is 23.1 Å². The number of hydrogen-bond acceptors (Lipinski definition) is 5. The molecule has 0 aliphatic heterocycles. The van der Waals surface area contributed by atoms with E-state index in [1.54, 1.807) is 6.92 Å². The molecule has 0 saturated carbocycles. The molecule has 0 spiro atoms. The summed E-state index contributed by atoms with van der Waals surface area (Å²) in [6.07, 6.45) is 0. The minimum absolute atomic E-state index is 0.0328. The smallest absolute Gasteiger partial charge is 0.333 e. The lowest BCUT2D eigenvalue weighted by atomic mass is 10.2. The maximum absolute atomic E-state index is 11.0. The molecule has 0 saturated heterocycles. The molecule has 108 valence electrons. The predicted molar refractivity (Wildman–Crippen MR) is 78.1 cm³/mol. The van der Waals surface area contributed by atoms with Gasteiger partial charge in [-0.15, -0.1) is 0 Å². The lowest BCUT2D eigenvalue weighted by molar-refractivity contribution is -0.384. The number of nitrogens with two attached hydrogens (primary N) is 1. The summed E-state index contributed by atoms with van der Waals surface area (Å²) in [4.78, 5) is 10.5. The molecule has 2 heterocycles. The van der Waals surface area contributed by atoms with Crippen LogP contribution in [0.4, 0.5) is 11.5 Å². The van der Waals surface area contributed by atoms with Crippen molar-refractivity contribution in [3.63, 3.8) is 0 Å². The SMILES string of the molecule is Cc1nn(C(C)c2cc3ccccc3o2)c(N)c1[N+](=O)[O-]. The molecule has 7 heteroatoms. The largest absolute Gasteiger partial charge is 0.459 e. The summed E-state index contributed by atoms with van der Waals surface area (Å²) in [5, 5.41) is 16.1. The standard InChI is InChI=1S/C14H14N4O3/c1-8-13(18(19)20)14(15)17(16-8)9(2)12-7-10-5-3-4-6-11(10)21-12/h3-7,9H,15H2,1-2H3. The summed E-state index contributed by atoms with van der Waals surface area (Å²) in [6, 6.07) is 9.18. The molecule has 0 aliphatic rings. The monoisotopic (exact) mass is 286 g/mol. The Morgan fingerprint density at radius 3 is 2.76 bits per heavy atom. The number of nitrogens with zero attached hydrogens (tertiary/aromatic N) is 3. The topological polar surface area (TPSA) is 100 Å². The Kier molecular flexibility index (Phi) is 2.90. The molecule has 0 fully saturated rings. The number of furan rings is 1. The normalized spacial score (nSPS) is 12.7. The van der Waals surface area contributed by atoms with Gasteiger partial charge in [0.15, 0.2) is 0 Å². The molecule has 3 rings (SSSR count). The van der Waals surface area contributed by atoms with Gasteiger partial charge in [-0.1, -0.05) is 18.2 Å². The lowest BCUT2D eigenvalue weighted by Gasteiger charge is -2.10. The van der Waals surface area contributed by atoms with Crippen molar-refractivity contribution in [3.05, 3.63) is 51.9 Å². The Morgan fingerprint density at radius 2 is 2.14 bits per heavy atom. The molecule has 2 aromatic heterocycles. The highest BCUT2D eigenvalue weighted by Crippen LogP contribution is 2.32. The number of para-hydroxylation sites is 1. The average molecular weight is 286 g/mol. The number of aryl methyl sites for hydroxylation is 1. The van der Waals surface area contributed by atoms with Crippen LogP contribution in [0.1, 0.15) is 24.4 Å². The Labute approximate surface area is 120 Å². The molecule has 0 bridgehead atoms. The van der Waals surface area contributed by atoms with Gasteiger partial charge in [-0.05, 0) is 26.0 Å². The summed E-state index contributed by atoms with van der Waals surface area (Å²) in [5.41, 5.74) is 6.75. The van der Waals surface area contributed by atoms with Gasteiger partial charge in [0, 0.05) is 5.39 Å². The number of aromatic nitrogens is 2. The first-order valence-electron chi connectivity index (χ1n) is 6.46. The third-order valence-corrected chi connectivity index (χ3v) is 3.50. The van der Waals surface area contributed by atoms with Crippen molar-refractivity contribution >= 4 is 22.5 Å². The van der Waals surface area contributed by atoms with Crippen LogP contribution >= 0.6 is 0 Å². The Bertz CT molecular complexity index is 801. The fourth-order valence-corrected chi connectivity index (χ4v) is 2.41. The second kappa shape index (κ2) is 4.62. The van der Waals surface area contributed by atoms with Gasteiger partial charge in [0.2, 0.25) is 5.82 Å². The van der Waals surface area contributed by atoms with Crippen molar-refractivity contribution in [2.45, 2.75) is 19.9 Å². The first-order chi connectivity index (χ1) is 9.99. The van der Waals surface area contributed by atoms with Crippen LogP contribution in [0.3, 0.4) is 0 Å². The van der Waals surface area contributed by atoms with Crippen molar-refractivity contribution in [2.24, 2.45) is 0 Å². The highest BCUT2D eigenvalue weighted by Gasteiger charge is 2.27. The third kappa shape index (κ3) is 2.03. The van der Waals surface area contributed by atoms with E-state index in [1.165, 1.54) is 4.68 Å². The van der Waals surface area contributed by atoms with E-state index in [4.69, 9.17) is 10.2 Å². The van der Waals surface area contributed by atoms with Gasteiger partial charge in [0.05, 0.1) is 4.92 Å². The van der Waals surface area contributed by atoms with Crippen molar-refractivity contribution in [1.82, 2.24) is 9.78 Å². The Morgan fingerprint density at radius 1 is 1.43 bits per heavy atom. The quantitative estimate of drug-likeness (QED) is 0.589. The van der Waals surface area contributed by atoms with Crippen LogP contribution in [0.2, 0.25) is 0 Å². The van der Waals surface area contributed by atoms with Crippen molar-refractivity contribution in [1.29, 1.82) is 0 Å². The second-order valence-electron chi connectivity index (χ2n) is 4.88. The summed E-state index contributed by atoms with van der Waals surface area (Å²) < 4.78 is 7.18. The zero-order valence-corrected chi connectivity index (χ0v) is 11.6. The summed E-state index contributed by atoms with van der Waals surface area (Å²) in [5.74, 6) is 0.686. The number of nitrogen functional groups attached to an aromatic ring is 1. The van der Waals surface area contributed by atoms with E-state index in [9.17, 15) is 10.1 Å². The molecule has 0 amide bonds. The molecular formula is C14H14N4O3. The molecule has 21 heavy (non-hydrogen) atoms. The zero-order valence-electron chi connectivity index (χ0n) is 11.6. The summed E-state index contributed by atoms with van der Waals surface area (Å²) >= 11 is 0. The third-order valence-electron chi connectivity index (χ3n) is 3.50. The molecule has 0 aliphatic carbocycles. The molecule has 1 atom stereocenters. The molecular weight excluding hydrogens is 272 g/mol. The minimum atomic E-state index is -0.514. The van der Waals surface area contributed by atoms with Crippen LogP contribution in [-0.2, 0) is 0 Å². The fraction of sp³-hybridized carbons (Fsp3) is 0.214. The Balaban J connectivity index is 2.08. The van der Waals surface area contributed by atoms with Crippen LogP contribution in [0.5, 0.6) is 0 Å². The van der Waals surface area contributed by atoms with Crippen molar-refractivity contribution < 1.29 is 9.34 Å². The highest BCUT2D eigenvalue weighted by atomic mass is 16.6.